The molecular weight excluding hydrogens is 735 g/mol. The summed E-state index contributed by atoms with van der Waals surface area (Å²) < 4.78 is 0. The smallest absolute Gasteiger partial charge is 0.0546 e. The minimum absolute atomic E-state index is 1.08. The molecule has 11 aromatic carbocycles. The van der Waals surface area contributed by atoms with Gasteiger partial charge in [0.15, 0.2) is 0 Å². The summed E-state index contributed by atoms with van der Waals surface area (Å²) in [5, 5.41) is 7.47. The molecule has 286 valence electrons. The van der Waals surface area contributed by atoms with Crippen molar-refractivity contribution in [3.05, 3.63) is 249 Å². The van der Waals surface area contributed by atoms with Crippen LogP contribution in [0.4, 0.5) is 17.1 Å². The van der Waals surface area contributed by atoms with Crippen molar-refractivity contribution in [3.63, 3.8) is 0 Å². The molecule has 0 fully saturated rings. The van der Waals surface area contributed by atoms with Gasteiger partial charge >= 0.3 is 0 Å². The lowest BCUT2D eigenvalue weighted by Crippen LogP contribution is -2.12. The Hall–Kier alpha value is -8.00. The number of anilines is 3. The predicted molar refractivity (Wildman–Crippen MR) is 261 cm³/mol. The lowest BCUT2D eigenvalue weighted by atomic mass is 9.87. The van der Waals surface area contributed by atoms with Gasteiger partial charge in [0, 0.05) is 16.9 Å². The Morgan fingerprint density at radius 3 is 1.33 bits per heavy atom. The molecular formula is C60H41N. The predicted octanol–water partition coefficient (Wildman–Crippen LogP) is 17.0. The fourth-order valence-electron chi connectivity index (χ4n) is 9.12. The van der Waals surface area contributed by atoms with Crippen LogP contribution in [-0.4, -0.2) is 0 Å². The molecule has 0 aromatic heterocycles. The monoisotopic (exact) mass is 775 g/mol. The van der Waals surface area contributed by atoms with Crippen LogP contribution in [-0.2, 0) is 0 Å². The molecule has 0 N–H and O–H groups in total. The highest BCUT2D eigenvalue weighted by atomic mass is 15.1. The molecule has 0 bridgehead atoms. The Bertz CT molecular complexity index is 3310. The molecule has 0 spiro atoms. The fraction of sp³-hybridized carbons (Fsp3) is 0. The first-order valence-corrected chi connectivity index (χ1v) is 21.0. The van der Waals surface area contributed by atoms with Crippen LogP contribution >= 0.6 is 0 Å². The van der Waals surface area contributed by atoms with Crippen LogP contribution in [0.1, 0.15) is 0 Å². The number of rotatable bonds is 8. The first kappa shape index (κ1) is 36.1. The zero-order valence-electron chi connectivity index (χ0n) is 33.6. The van der Waals surface area contributed by atoms with Crippen LogP contribution in [0.3, 0.4) is 0 Å². The van der Waals surface area contributed by atoms with Crippen LogP contribution < -0.4 is 4.90 Å². The zero-order valence-corrected chi connectivity index (χ0v) is 33.6. The normalized spacial score (nSPS) is 11.3. The van der Waals surface area contributed by atoms with Gasteiger partial charge in [0.05, 0.1) is 5.69 Å². The summed E-state index contributed by atoms with van der Waals surface area (Å²) in [5.74, 6) is 0. The van der Waals surface area contributed by atoms with E-state index in [1.807, 2.05) is 0 Å². The fourth-order valence-corrected chi connectivity index (χ4v) is 9.12. The SMILES string of the molecule is c1ccc(-c2ccc(-c3c(-c4cc5ccccc5c5ccccc45)cccc3N(c3ccc(-c4ccccc4)cc3)c3ccc(-c4cccc5ccccc45)cc3)cc2)cc1. The van der Waals surface area contributed by atoms with Crippen molar-refractivity contribution in [2.75, 3.05) is 4.90 Å². The molecule has 0 atom stereocenters. The Balaban J connectivity index is 1.15. The van der Waals surface area contributed by atoms with E-state index in [2.05, 4.69) is 254 Å². The first-order valence-electron chi connectivity index (χ1n) is 21.0. The van der Waals surface area contributed by atoms with Crippen LogP contribution in [0.2, 0.25) is 0 Å². The van der Waals surface area contributed by atoms with E-state index < -0.39 is 0 Å². The van der Waals surface area contributed by atoms with Crippen molar-refractivity contribution < 1.29 is 0 Å². The maximum absolute atomic E-state index is 2.44. The van der Waals surface area contributed by atoms with Crippen LogP contribution in [0.25, 0.3) is 88.0 Å². The summed E-state index contributed by atoms with van der Waals surface area (Å²) in [6.07, 6.45) is 0. The summed E-state index contributed by atoms with van der Waals surface area (Å²) in [6, 6.07) is 90.6. The van der Waals surface area contributed by atoms with Gasteiger partial charge in [-0.05, 0) is 119 Å². The van der Waals surface area contributed by atoms with Gasteiger partial charge in [0.25, 0.3) is 0 Å². The van der Waals surface area contributed by atoms with Crippen molar-refractivity contribution >= 4 is 49.4 Å². The highest BCUT2D eigenvalue weighted by molar-refractivity contribution is 6.15. The number of hydrogen-bond donors (Lipinski definition) is 0. The highest BCUT2D eigenvalue weighted by Crippen LogP contribution is 2.48. The molecule has 1 nitrogen and oxygen atoms in total. The molecule has 0 amide bonds. The van der Waals surface area contributed by atoms with E-state index in [-0.39, 0.29) is 0 Å². The average Bonchev–Trinajstić information content (AvgIpc) is 3.35. The second-order valence-corrected chi connectivity index (χ2v) is 15.7. The van der Waals surface area contributed by atoms with Gasteiger partial charge in [-0.15, -0.1) is 0 Å². The molecule has 11 aromatic rings. The molecule has 0 unspecified atom stereocenters. The minimum Gasteiger partial charge on any atom is -0.310 e. The van der Waals surface area contributed by atoms with Crippen LogP contribution in [0, 0.1) is 0 Å². The summed E-state index contributed by atoms with van der Waals surface area (Å²) in [7, 11) is 0. The minimum atomic E-state index is 1.08. The van der Waals surface area contributed by atoms with E-state index in [4.69, 9.17) is 0 Å². The second-order valence-electron chi connectivity index (χ2n) is 15.7. The summed E-state index contributed by atoms with van der Waals surface area (Å²) in [6.45, 7) is 0. The lowest BCUT2D eigenvalue weighted by Gasteiger charge is -2.30. The lowest BCUT2D eigenvalue weighted by molar-refractivity contribution is 1.28. The Labute approximate surface area is 357 Å². The van der Waals surface area contributed by atoms with Gasteiger partial charge in [-0.25, -0.2) is 0 Å². The van der Waals surface area contributed by atoms with Crippen LogP contribution in [0.15, 0.2) is 249 Å². The summed E-state index contributed by atoms with van der Waals surface area (Å²) in [5.41, 5.74) is 15.2. The van der Waals surface area contributed by atoms with Crippen molar-refractivity contribution in [1.29, 1.82) is 0 Å². The molecule has 0 aliphatic rings. The molecule has 11 rings (SSSR count). The van der Waals surface area contributed by atoms with E-state index in [1.54, 1.807) is 0 Å². The maximum atomic E-state index is 2.44. The van der Waals surface area contributed by atoms with Gasteiger partial charge in [-0.1, -0.05) is 212 Å². The summed E-state index contributed by atoms with van der Waals surface area (Å²) >= 11 is 0. The number of nitrogens with zero attached hydrogens (tertiary/aromatic N) is 1. The third-order valence-electron chi connectivity index (χ3n) is 12.1. The number of hydrogen-bond acceptors (Lipinski definition) is 1. The molecule has 61 heavy (non-hydrogen) atoms. The largest absolute Gasteiger partial charge is 0.310 e. The molecule has 0 saturated carbocycles. The topological polar surface area (TPSA) is 3.24 Å². The van der Waals surface area contributed by atoms with Crippen molar-refractivity contribution in [1.82, 2.24) is 0 Å². The van der Waals surface area contributed by atoms with Crippen molar-refractivity contribution in [2.45, 2.75) is 0 Å². The first-order chi connectivity index (χ1) is 30.3. The quantitative estimate of drug-likeness (QED) is 0.139. The van der Waals surface area contributed by atoms with E-state index >= 15 is 0 Å². The third-order valence-corrected chi connectivity index (χ3v) is 12.1. The molecule has 0 aliphatic carbocycles. The molecule has 0 saturated heterocycles. The van der Waals surface area contributed by atoms with Gasteiger partial charge < -0.3 is 4.90 Å². The zero-order chi connectivity index (χ0) is 40.5. The molecule has 1 heteroatoms. The highest BCUT2D eigenvalue weighted by Gasteiger charge is 2.23. The van der Waals surface area contributed by atoms with Crippen LogP contribution in [0.5, 0.6) is 0 Å². The van der Waals surface area contributed by atoms with Crippen molar-refractivity contribution in [3.8, 4) is 55.6 Å². The van der Waals surface area contributed by atoms with Gasteiger partial charge in [0.2, 0.25) is 0 Å². The van der Waals surface area contributed by atoms with Gasteiger partial charge in [-0.3, -0.25) is 0 Å². The Morgan fingerprint density at radius 1 is 0.230 bits per heavy atom. The molecule has 0 aliphatic heterocycles. The third kappa shape index (κ3) is 6.73. The van der Waals surface area contributed by atoms with Gasteiger partial charge in [0.1, 0.15) is 0 Å². The number of benzene rings is 11. The number of fused-ring (bicyclic) bond motifs is 4. The standard InChI is InChI=1S/C60H41N/c1-3-15-42(16-4-1)44-29-31-48(32-30-44)60-57(58-41-49-20-8-10-23-54(49)55-24-11-12-25-56(55)58)27-14-28-59(60)61(50-37-33-45(34-38-50)43-17-5-2-6-18-43)51-39-35-47(36-40-51)53-26-13-21-46-19-7-9-22-52(46)53/h1-41H. The second kappa shape index (κ2) is 15.6. The Morgan fingerprint density at radius 2 is 0.672 bits per heavy atom. The van der Waals surface area contributed by atoms with E-state index in [0.29, 0.717) is 0 Å². The average molecular weight is 776 g/mol. The van der Waals surface area contributed by atoms with E-state index in [0.717, 1.165) is 22.6 Å². The van der Waals surface area contributed by atoms with E-state index in [1.165, 1.54) is 82.4 Å². The Kier molecular flexibility index (Phi) is 9.26. The van der Waals surface area contributed by atoms with Crippen molar-refractivity contribution in [2.24, 2.45) is 0 Å². The summed E-state index contributed by atoms with van der Waals surface area (Å²) in [4.78, 5) is 2.44. The van der Waals surface area contributed by atoms with E-state index in [9.17, 15) is 0 Å². The molecule has 0 radical (unpaired) electrons. The maximum Gasteiger partial charge on any atom is 0.0546 e. The van der Waals surface area contributed by atoms with Gasteiger partial charge in [-0.2, -0.15) is 0 Å². The molecule has 0 heterocycles.